The van der Waals surface area contributed by atoms with Crippen LogP contribution in [0.5, 0.6) is 0 Å². The van der Waals surface area contributed by atoms with Gasteiger partial charge in [0.05, 0.1) is 6.07 Å². The first-order valence-corrected chi connectivity index (χ1v) is 8.00. The minimum atomic E-state index is -0.279. The summed E-state index contributed by atoms with van der Waals surface area (Å²) in [4.78, 5) is 2.53. The van der Waals surface area contributed by atoms with Gasteiger partial charge in [-0.2, -0.15) is 5.26 Å². The Morgan fingerprint density at radius 1 is 1.37 bits per heavy atom. The van der Waals surface area contributed by atoms with E-state index in [9.17, 15) is 5.26 Å². The third kappa shape index (κ3) is 4.19. The summed E-state index contributed by atoms with van der Waals surface area (Å²) in [5.41, 5.74) is -0.279. The van der Waals surface area contributed by atoms with Crippen LogP contribution in [-0.2, 0) is 0 Å². The summed E-state index contributed by atoms with van der Waals surface area (Å²) in [6, 6.07) is 3.79. The summed E-state index contributed by atoms with van der Waals surface area (Å²) < 4.78 is 0. The largest absolute Gasteiger partial charge is 0.300 e. The van der Waals surface area contributed by atoms with E-state index in [0.717, 1.165) is 25.8 Å². The molecule has 1 aliphatic carbocycles. The predicted octanol–water partition coefficient (Wildman–Crippen LogP) is 3.31. The van der Waals surface area contributed by atoms with E-state index in [1.807, 2.05) is 0 Å². The van der Waals surface area contributed by atoms with Crippen LogP contribution < -0.4 is 5.32 Å². The van der Waals surface area contributed by atoms with Gasteiger partial charge in [0, 0.05) is 12.1 Å². The van der Waals surface area contributed by atoms with Gasteiger partial charge in [0.1, 0.15) is 5.54 Å². The topological polar surface area (TPSA) is 39.1 Å². The van der Waals surface area contributed by atoms with Gasteiger partial charge >= 0.3 is 0 Å². The van der Waals surface area contributed by atoms with Crippen LogP contribution in [0.4, 0.5) is 0 Å². The predicted molar refractivity (Wildman–Crippen MR) is 81.0 cm³/mol. The average molecular weight is 265 g/mol. The molecular formula is C16H31N3. The first-order chi connectivity index (χ1) is 9.12. The van der Waals surface area contributed by atoms with Crippen LogP contribution >= 0.6 is 0 Å². The standard InChI is InChI=1S/C16H31N3/c1-5-11-18-16(13-17)10-8-9-15(12-16)19(4)14(6-2)7-3/h14-15,18H,5-12H2,1-4H3. The van der Waals surface area contributed by atoms with Crippen molar-refractivity contribution >= 4 is 0 Å². The Morgan fingerprint density at radius 3 is 2.58 bits per heavy atom. The minimum Gasteiger partial charge on any atom is -0.300 e. The SMILES string of the molecule is CCCNC1(C#N)CCCC(N(C)C(CC)CC)C1. The molecule has 0 radical (unpaired) electrons. The molecule has 3 nitrogen and oxygen atoms in total. The summed E-state index contributed by atoms with van der Waals surface area (Å²) in [6.07, 6.45) is 7.89. The third-order valence-electron chi connectivity index (χ3n) is 4.75. The Morgan fingerprint density at radius 2 is 2.05 bits per heavy atom. The first-order valence-electron chi connectivity index (χ1n) is 8.00. The number of hydrogen-bond acceptors (Lipinski definition) is 3. The lowest BCUT2D eigenvalue weighted by atomic mass is 9.79. The maximum Gasteiger partial charge on any atom is 0.108 e. The van der Waals surface area contributed by atoms with Gasteiger partial charge in [-0.1, -0.05) is 20.8 Å². The molecule has 0 amide bonds. The molecule has 1 N–H and O–H groups in total. The summed E-state index contributed by atoms with van der Waals surface area (Å²) in [7, 11) is 2.25. The van der Waals surface area contributed by atoms with Gasteiger partial charge in [-0.3, -0.25) is 5.32 Å². The van der Waals surface area contributed by atoms with Gasteiger partial charge in [0.2, 0.25) is 0 Å². The zero-order valence-corrected chi connectivity index (χ0v) is 13.2. The van der Waals surface area contributed by atoms with E-state index in [4.69, 9.17) is 0 Å². The van der Waals surface area contributed by atoms with Crippen molar-refractivity contribution in [2.24, 2.45) is 0 Å². The highest BCUT2D eigenvalue weighted by atomic mass is 15.2. The first kappa shape index (κ1) is 16.5. The second-order valence-electron chi connectivity index (χ2n) is 6.01. The van der Waals surface area contributed by atoms with Gasteiger partial charge in [-0.25, -0.2) is 0 Å². The Balaban J connectivity index is 2.69. The summed E-state index contributed by atoms with van der Waals surface area (Å²) in [5.74, 6) is 0. The number of hydrogen-bond donors (Lipinski definition) is 1. The Labute approximate surface area is 119 Å². The molecule has 1 rings (SSSR count). The highest BCUT2D eigenvalue weighted by Gasteiger charge is 2.38. The van der Waals surface area contributed by atoms with Crippen LogP contribution in [0, 0.1) is 11.3 Å². The molecule has 0 spiro atoms. The van der Waals surface area contributed by atoms with Crippen molar-refractivity contribution in [2.75, 3.05) is 13.6 Å². The zero-order chi connectivity index (χ0) is 14.3. The molecule has 0 bridgehead atoms. The van der Waals surface area contributed by atoms with E-state index in [2.05, 4.69) is 44.1 Å². The molecule has 110 valence electrons. The molecular weight excluding hydrogens is 234 g/mol. The molecule has 0 aliphatic heterocycles. The fraction of sp³-hybridized carbons (Fsp3) is 0.938. The van der Waals surface area contributed by atoms with Crippen LogP contribution in [0.15, 0.2) is 0 Å². The van der Waals surface area contributed by atoms with Crippen LogP contribution in [0.1, 0.15) is 65.7 Å². The van der Waals surface area contributed by atoms with E-state index in [1.165, 1.54) is 25.7 Å². The van der Waals surface area contributed by atoms with Crippen molar-refractivity contribution in [3.05, 3.63) is 0 Å². The zero-order valence-electron chi connectivity index (χ0n) is 13.2. The molecule has 1 aliphatic rings. The highest BCUT2D eigenvalue weighted by molar-refractivity contribution is 5.11. The van der Waals surface area contributed by atoms with Gasteiger partial charge in [-0.15, -0.1) is 0 Å². The second-order valence-corrected chi connectivity index (χ2v) is 6.01. The molecule has 2 atom stereocenters. The van der Waals surface area contributed by atoms with Crippen molar-refractivity contribution in [3.63, 3.8) is 0 Å². The normalized spacial score (nSPS) is 27.7. The molecule has 2 unspecified atom stereocenters. The second kappa shape index (κ2) is 7.87. The Hall–Kier alpha value is -0.590. The molecule has 0 saturated heterocycles. The Bertz CT molecular complexity index is 293. The van der Waals surface area contributed by atoms with Crippen molar-refractivity contribution in [2.45, 2.75) is 83.3 Å². The maximum atomic E-state index is 9.59. The molecule has 0 aromatic rings. The van der Waals surface area contributed by atoms with E-state index in [-0.39, 0.29) is 5.54 Å². The van der Waals surface area contributed by atoms with Gasteiger partial charge in [0.25, 0.3) is 0 Å². The lowest BCUT2D eigenvalue weighted by Crippen LogP contribution is -2.53. The van der Waals surface area contributed by atoms with Crippen molar-refractivity contribution in [1.82, 2.24) is 10.2 Å². The Kier molecular flexibility index (Phi) is 6.82. The third-order valence-corrected chi connectivity index (χ3v) is 4.75. The average Bonchev–Trinajstić information content (AvgIpc) is 2.46. The number of nitriles is 1. The van der Waals surface area contributed by atoms with Crippen molar-refractivity contribution in [1.29, 1.82) is 5.26 Å². The number of rotatable bonds is 7. The molecule has 0 heterocycles. The van der Waals surface area contributed by atoms with E-state index < -0.39 is 0 Å². The van der Waals surface area contributed by atoms with E-state index >= 15 is 0 Å². The number of nitrogens with zero attached hydrogens (tertiary/aromatic N) is 2. The van der Waals surface area contributed by atoms with Crippen LogP contribution in [0.2, 0.25) is 0 Å². The maximum absolute atomic E-state index is 9.59. The van der Waals surface area contributed by atoms with Gasteiger partial charge in [0.15, 0.2) is 0 Å². The fourth-order valence-corrected chi connectivity index (χ4v) is 3.42. The van der Waals surface area contributed by atoms with Gasteiger partial charge in [-0.05, 0) is 58.5 Å². The fourth-order valence-electron chi connectivity index (χ4n) is 3.42. The highest BCUT2D eigenvalue weighted by Crippen LogP contribution is 2.32. The molecule has 19 heavy (non-hydrogen) atoms. The molecule has 0 aromatic heterocycles. The lowest BCUT2D eigenvalue weighted by Gasteiger charge is -2.43. The van der Waals surface area contributed by atoms with Crippen LogP contribution in [-0.4, -0.2) is 36.1 Å². The van der Waals surface area contributed by atoms with Gasteiger partial charge < -0.3 is 4.90 Å². The molecule has 1 fully saturated rings. The minimum absolute atomic E-state index is 0.279. The quantitative estimate of drug-likeness (QED) is 0.767. The summed E-state index contributed by atoms with van der Waals surface area (Å²) >= 11 is 0. The monoisotopic (exact) mass is 265 g/mol. The number of nitrogens with one attached hydrogen (secondary N) is 1. The van der Waals surface area contributed by atoms with E-state index in [1.54, 1.807) is 0 Å². The molecule has 3 heteroatoms. The van der Waals surface area contributed by atoms with Crippen LogP contribution in [0.3, 0.4) is 0 Å². The lowest BCUT2D eigenvalue weighted by molar-refractivity contribution is 0.101. The smallest absolute Gasteiger partial charge is 0.108 e. The van der Waals surface area contributed by atoms with Crippen molar-refractivity contribution < 1.29 is 0 Å². The molecule has 1 saturated carbocycles. The summed E-state index contributed by atoms with van der Waals surface area (Å²) in [5, 5.41) is 13.1. The summed E-state index contributed by atoms with van der Waals surface area (Å²) in [6.45, 7) is 7.64. The van der Waals surface area contributed by atoms with Crippen LogP contribution in [0.25, 0.3) is 0 Å². The molecule has 0 aromatic carbocycles. The van der Waals surface area contributed by atoms with E-state index in [0.29, 0.717) is 12.1 Å². The van der Waals surface area contributed by atoms with Crippen molar-refractivity contribution in [3.8, 4) is 6.07 Å².